The summed E-state index contributed by atoms with van der Waals surface area (Å²) in [5.41, 5.74) is 7.74. The molecule has 2 aromatic carbocycles. The standard InChI is InChI=1S/C14H15NOSi/c1-16-10-11-4-2-3-5-14(11)17-13-8-6-12(15)7-9-13/h2-9H,10,15H2,1H3. The van der Waals surface area contributed by atoms with Gasteiger partial charge in [-0.1, -0.05) is 46.8 Å². The van der Waals surface area contributed by atoms with E-state index >= 15 is 0 Å². The third kappa shape index (κ3) is 3.19. The zero-order valence-electron chi connectivity index (χ0n) is 9.81. The molecule has 0 aliphatic carbocycles. The van der Waals surface area contributed by atoms with E-state index in [0.29, 0.717) is 16.1 Å². The summed E-state index contributed by atoms with van der Waals surface area (Å²) >= 11 is 0. The molecule has 3 heteroatoms. The Morgan fingerprint density at radius 2 is 1.76 bits per heavy atom. The van der Waals surface area contributed by atoms with Crippen LogP contribution >= 0.6 is 0 Å². The summed E-state index contributed by atoms with van der Waals surface area (Å²) < 4.78 is 5.21. The van der Waals surface area contributed by atoms with E-state index in [1.54, 1.807) is 7.11 Å². The van der Waals surface area contributed by atoms with E-state index in [2.05, 4.69) is 30.3 Å². The zero-order chi connectivity index (χ0) is 12.1. The van der Waals surface area contributed by atoms with Gasteiger partial charge in [0.15, 0.2) is 0 Å². The normalized spacial score (nSPS) is 10.4. The maximum atomic E-state index is 5.68. The fourth-order valence-corrected chi connectivity index (χ4v) is 2.79. The summed E-state index contributed by atoms with van der Waals surface area (Å²) in [7, 11) is 2.37. The van der Waals surface area contributed by atoms with Gasteiger partial charge in [0.1, 0.15) is 9.52 Å². The third-order valence-corrected chi connectivity index (χ3v) is 3.89. The number of ether oxygens (including phenoxy) is 1. The summed E-state index contributed by atoms with van der Waals surface area (Å²) in [4.78, 5) is 0. The summed E-state index contributed by atoms with van der Waals surface area (Å²) in [5, 5.41) is 2.63. The first kappa shape index (κ1) is 11.9. The van der Waals surface area contributed by atoms with Crippen molar-refractivity contribution in [3.05, 3.63) is 54.1 Å². The average molecular weight is 241 g/mol. The van der Waals surface area contributed by atoms with Gasteiger partial charge >= 0.3 is 0 Å². The molecule has 0 spiro atoms. The molecule has 0 aromatic heterocycles. The molecule has 0 saturated heterocycles. The Kier molecular flexibility index (Phi) is 3.96. The molecule has 0 saturated carbocycles. The van der Waals surface area contributed by atoms with Crippen LogP contribution in [0.2, 0.25) is 0 Å². The summed E-state index contributed by atoms with van der Waals surface area (Å²) in [5.74, 6) is 0. The van der Waals surface area contributed by atoms with Crippen molar-refractivity contribution < 1.29 is 4.74 Å². The van der Waals surface area contributed by atoms with Crippen LogP contribution in [0.15, 0.2) is 48.5 Å². The molecular weight excluding hydrogens is 226 g/mol. The second kappa shape index (κ2) is 5.66. The van der Waals surface area contributed by atoms with E-state index in [9.17, 15) is 0 Å². The van der Waals surface area contributed by atoms with Crippen LogP contribution in [0, 0.1) is 0 Å². The number of nitrogens with two attached hydrogens (primary N) is 1. The van der Waals surface area contributed by atoms with Crippen LogP contribution < -0.4 is 16.1 Å². The molecule has 0 aliphatic heterocycles. The highest BCUT2D eigenvalue weighted by atomic mass is 28.2. The van der Waals surface area contributed by atoms with Crippen LogP contribution in [0.4, 0.5) is 5.69 Å². The number of rotatable bonds is 4. The van der Waals surface area contributed by atoms with Crippen LogP contribution in [0.25, 0.3) is 0 Å². The largest absolute Gasteiger partial charge is 0.399 e. The molecule has 0 bridgehead atoms. The van der Waals surface area contributed by atoms with Crippen molar-refractivity contribution in [1.29, 1.82) is 0 Å². The quantitative estimate of drug-likeness (QED) is 0.642. The van der Waals surface area contributed by atoms with Crippen LogP contribution in [0.5, 0.6) is 0 Å². The molecule has 17 heavy (non-hydrogen) atoms. The average Bonchev–Trinajstić information content (AvgIpc) is 2.35. The lowest BCUT2D eigenvalue weighted by molar-refractivity contribution is 0.185. The lowest BCUT2D eigenvalue weighted by Gasteiger charge is -2.08. The Bertz CT molecular complexity index is 482. The molecule has 2 radical (unpaired) electrons. The van der Waals surface area contributed by atoms with E-state index < -0.39 is 0 Å². The Morgan fingerprint density at radius 3 is 2.47 bits per heavy atom. The Labute approximate surface area is 104 Å². The molecule has 2 rings (SSSR count). The van der Waals surface area contributed by atoms with Gasteiger partial charge in [0, 0.05) is 12.8 Å². The summed E-state index contributed by atoms with van der Waals surface area (Å²) in [6.45, 7) is 0.665. The number of nitrogen functional groups attached to an aromatic ring is 1. The lowest BCUT2D eigenvalue weighted by atomic mass is 10.2. The monoisotopic (exact) mass is 241 g/mol. The molecule has 2 aromatic rings. The molecule has 0 amide bonds. The molecule has 0 aliphatic rings. The zero-order valence-corrected chi connectivity index (χ0v) is 10.8. The summed E-state index contributed by atoms with van der Waals surface area (Å²) in [6, 6.07) is 16.4. The van der Waals surface area contributed by atoms with Gasteiger partial charge in [0.2, 0.25) is 0 Å². The van der Waals surface area contributed by atoms with E-state index in [1.165, 1.54) is 15.9 Å². The van der Waals surface area contributed by atoms with Crippen molar-refractivity contribution in [2.24, 2.45) is 0 Å². The van der Waals surface area contributed by atoms with Gasteiger partial charge in [-0.15, -0.1) is 0 Å². The van der Waals surface area contributed by atoms with Gasteiger partial charge in [0.05, 0.1) is 6.61 Å². The molecule has 86 valence electrons. The molecule has 2 nitrogen and oxygen atoms in total. The maximum Gasteiger partial charge on any atom is 0.122 e. The molecule has 0 fully saturated rings. The van der Waals surface area contributed by atoms with Gasteiger partial charge in [-0.05, 0) is 17.7 Å². The minimum atomic E-state index is 0.646. The van der Waals surface area contributed by atoms with Crippen LogP contribution in [-0.4, -0.2) is 16.6 Å². The number of anilines is 1. The Balaban J connectivity index is 2.20. The Morgan fingerprint density at radius 1 is 1.06 bits per heavy atom. The van der Waals surface area contributed by atoms with E-state index in [1.807, 2.05) is 18.2 Å². The van der Waals surface area contributed by atoms with Crippen molar-refractivity contribution in [2.75, 3.05) is 12.8 Å². The highest BCUT2D eigenvalue weighted by Gasteiger charge is 2.03. The topological polar surface area (TPSA) is 35.2 Å². The van der Waals surface area contributed by atoms with Gasteiger partial charge < -0.3 is 10.5 Å². The molecule has 0 atom stereocenters. The summed E-state index contributed by atoms with van der Waals surface area (Å²) in [6.07, 6.45) is 0. The second-order valence-corrected chi connectivity index (χ2v) is 5.20. The first-order valence-corrected chi connectivity index (χ1v) is 6.49. The van der Waals surface area contributed by atoms with Crippen LogP contribution in [0.1, 0.15) is 5.56 Å². The number of methoxy groups -OCH3 is 1. The van der Waals surface area contributed by atoms with Crippen molar-refractivity contribution in [1.82, 2.24) is 0 Å². The van der Waals surface area contributed by atoms with Crippen molar-refractivity contribution >= 4 is 25.6 Å². The van der Waals surface area contributed by atoms with Gasteiger partial charge in [-0.2, -0.15) is 0 Å². The van der Waals surface area contributed by atoms with E-state index in [4.69, 9.17) is 10.5 Å². The van der Waals surface area contributed by atoms with Gasteiger partial charge in [-0.25, -0.2) is 0 Å². The first-order valence-electron chi connectivity index (χ1n) is 5.49. The molecular formula is C14H15NOSi. The van der Waals surface area contributed by atoms with Crippen LogP contribution in [-0.2, 0) is 11.3 Å². The van der Waals surface area contributed by atoms with Crippen molar-refractivity contribution in [2.45, 2.75) is 6.61 Å². The minimum absolute atomic E-state index is 0.646. The predicted octanol–water partition coefficient (Wildman–Crippen LogP) is 1.07. The molecule has 2 N–H and O–H groups in total. The van der Waals surface area contributed by atoms with E-state index in [0.717, 1.165) is 5.69 Å². The highest BCUT2D eigenvalue weighted by molar-refractivity contribution is 6.67. The fraction of sp³-hybridized carbons (Fsp3) is 0.143. The molecule has 0 heterocycles. The third-order valence-electron chi connectivity index (χ3n) is 2.51. The number of hydrogen-bond donors (Lipinski definition) is 1. The lowest BCUT2D eigenvalue weighted by Crippen LogP contribution is -2.29. The minimum Gasteiger partial charge on any atom is -0.399 e. The van der Waals surface area contributed by atoms with Gasteiger partial charge in [0.25, 0.3) is 0 Å². The fourth-order valence-electron chi connectivity index (χ4n) is 1.65. The number of benzene rings is 2. The Hall–Kier alpha value is -1.58. The number of hydrogen-bond acceptors (Lipinski definition) is 2. The van der Waals surface area contributed by atoms with Crippen molar-refractivity contribution in [3.63, 3.8) is 0 Å². The SMILES string of the molecule is COCc1ccccc1[Si]c1ccc(N)cc1. The first-order chi connectivity index (χ1) is 8.29. The van der Waals surface area contributed by atoms with Gasteiger partial charge in [-0.3, -0.25) is 0 Å². The predicted molar refractivity (Wildman–Crippen MR) is 73.0 cm³/mol. The maximum absolute atomic E-state index is 5.68. The van der Waals surface area contributed by atoms with Crippen LogP contribution in [0.3, 0.4) is 0 Å². The van der Waals surface area contributed by atoms with E-state index in [-0.39, 0.29) is 0 Å². The molecule has 0 unspecified atom stereocenters. The smallest absolute Gasteiger partial charge is 0.122 e. The second-order valence-electron chi connectivity index (χ2n) is 3.84. The highest BCUT2D eigenvalue weighted by Crippen LogP contribution is 1.99. The van der Waals surface area contributed by atoms with Crippen molar-refractivity contribution in [3.8, 4) is 0 Å².